The molecule has 2 aromatic rings. The molecule has 0 aliphatic carbocycles. The van der Waals surface area contributed by atoms with Crippen molar-refractivity contribution in [1.82, 2.24) is 4.90 Å². The van der Waals surface area contributed by atoms with E-state index in [1.807, 2.05) is 31.2 Å². The van der Waals surface area contributed by atoms with Crippen LogP contribution in [0, 0.1) is 0 Å². The van der Waals surface area contributed by atoms with Gasteiger partial charge in [0.15, 0.2) is 0 Å². The van der Waals surface area contributed by atoms with Gasteiger partial charge in [-0.2, -0.15) is 0 Å². The van der Waals surface area contributed by atoms with Gasteiger partial charge in [-0.15, -0.1) is 0 Å². The third-order valence-electron chi connectivity index (χ3n) is 3.44. The molecule has 0 saturated heterocycles. The van der Waals surface area contributed by atoms with Crippen LogP contribution in [-0.2, 0) is 11.3 Å². The predicted molar refractivity (Wildman–Crippen MR) is 92.6 cm³/mol. The molecule has 0 spiro atoms. The Hall–Kier alpha value is -2.33. The second-order valence-electron chi connectivity index (χ2n) is 5.17. The van der Waals surface area contributed by atoms with Gasteiger partial charge in [0.2, 0.25) is 5.91 Å². The van der Waals surface area contributed by atoms with Crippen molar-refractivity contribution in [3.63, 3.8) is 0 Å². The summed E-state index contributed by atoms with van der Waals surface area (Å²) in [5.41, 5.74) is 2.16. The maximum Gasteiger partial charge on any atom is 0.254 e. The van der Waals surface area contributed by atoms with Crippen LogP contribution in [0.1, 0.15) is 29.8 Å². The zero-order valence-corrected chi connectivity index (χ0v) is 13.9. The number of carbonyl (C=O) groups is 2. The molecule has 120 valence electrons. The monoisotopic (exact) mass is 330 g/mol. The Kier molecular flexibility index (Phi) is 5.77. The van der Waals surface area contributed by atoms with E-state index in [2.05, 4.69) is 5.32 Å². The third kappa shape index (κ3) is 4.57. The zero-order chi connectivity index (χ0) is 16.8. The van der Waals surface area contributed by atoms with Crippen LogP contribution in [0.25, 0.3) is 0 Å². The van der Waals surface area contributed by atoms with E-state index in [4.69, 9.17) is 11.6 Å². The molecular formula is C18H19ClN2O2. The lowest BCUT2D eigenvalue weighted by atomic mass is 10.1. The lowest BCUT2D eigenvalue weighted by Gasteiger charge is -2.21. The number of nitrogens with zero attached hydrogens (tertiary/aromatic N) is 1. The van der Waals surface area contributed by atoms with E-state index < -0.39 is 0 Å². The minimum absolute atomic E-state index is 0.0678. The van der Waals surface area contributed by atoms with Crippen molar-refractivity contribution in [2.75, 3.05) is 11.9 Å². The van der Waals surface area contributed by atoms with Gasteiger partial charge in [0, 0.05) is 36.3 Å². The third-order valence-corrected chi connectivity index (χ3v) is 3.81. The topological polar surface area (TPSA) is 49.4 Å². The predicted octanol–water partition coefficient (Wildman–Crippen LogP) is 3.96. The summed E-state index contributed by atoms with van der Waals surface area (Å²) in [4.78, 5) is 25.4. The number of halogens is 1. The molecule has 0 aliphatic heterocycles. The largest absolute Gasteiger partial charge is 0.335 e. The summed E-state index contributed by atoms with van der Waals surface area (Å²) in [5.74, 6) is -0.209. The highest BCUT2D eigenvalue weighted by Crippen LogP contribution is 2.19. The first-order valence-electron chi connectivity index (χ1n) is 7.41. The average molecular weight is 331 g/mol. The summed E-state index contributed by atoms with van der Waals surface area (Å²) >= 11 is 6.17. The van der Waals surface area contributed by atoms with E-state index in [0.29, 0.717) is 29.4 Å². The van der Waals surface area contributed by atoms with E-state index in [1.54, 1.807) is 29.2 Å². The van der Waals surface area contributed by atoms with Gasteiger partial charge in [0.05, 0.1) is 0 Å². The van der Waals surface area contributed by atoms with Gasteiger partial charge in [-0.1, -0.05) is 29.8 Å². The van der Waals surface area contributed by atoms with Gasteiger partial charge in [0.1, 0.15) is 0 Å². The van der Waals surface area contributed by atoms with Crippen molar-refractivity contribution in [1.29, 1.82) is 0 Å². The lowest BCUT2D eigenvalue weighted by molar-refractivity contribution is -0.114. The van der Waals surface area contributed by atoms with Crippen LogP contribution >= 0.6 is 11.6 Å². The van der Waals surface area contributed by atoms with Crippen molar-refractivity contribution in [2.45, 2.75) is 20.4 Å². The van der Waals surface area contributed by atoms with Crippen molar-refractivity contribution in [3.05, 3.63) is 64.7 Å². The summed E-state index contributed by atoms with van der Waals surface area (Å²) in [5, 5.41) is 3.33. The SMILES string of the molecule is CCN(Cc1ccccc1Cl)C(=O)c1ccc(NC(C)=O)cc1. The van der Waals surface area contributed by atoms with E-state index in [9.17, 15) is 9.59 Å². The quantitative estimate of drug-likeness (QED) is 0.902. The molecule has 0 fully saturated rings. The normalized spacial score (nSPS) is 10.2. The summed E-state index contributed by atoms with van der Waals surface area (Å²) in [6, 6.07) is 14.4. The highest BCUT2D eigenvalue weighted by Gasteiger charge is 2.15. The van der Waals surface area contributed by atoms with Crippen molar-refractivity contribution >= 4 is 29.1 Å². The molecule has 0 aromatic heterocycles. The molecule has 23 heavy (non-hydrogen) atoms. The molecule has 0 radical (unpaired) electrons. The highest BCUT2D eigenvalue weighted by molar-refractivity contribution is 6.31. The molecule has 0 atom stereocenters. The average Bonchev–Trinajstić information content (AvgIpc) is 2.54. The van der Waals surface area contributed by atoms with Gasteiger partial charge in [0.25, 0.3) is 5.91 Å². The highest BCUT2D eigenvalue weighted by atomic mass is 35.5. The Morgan fingerprint density at radius 3 is 2.30 bits per heavy atom. The maximum absolute atomic E-state index is 12.6. The minimum atomic E-state index is -0.141. The number of carbonyl (C=O) groups excluding carboxylic acids is 2. The van der Waals surface area contributed by atoms with Crippen LogP contribution in [0.3, 0.4) is 0 Å². The minimum Gasteiger partial charge on any atom is -0.335 e. The van der Waals surface area contributed by atoms with E-state index in [-0.39, 0.29) is 11.8 Å². The van der Waals surface area contributed by atoms with Crippen molar-refractivity contribution < 1.29 is 9.59 Å². The number of hydrogen-bond acceptors (Lipinski definition) is 2. The second-order valence-corrected chi connectivity index (χ2v) is 5.58. The molecule has 4 nitrogen and oxygen atoms in total. The summed E-state index contributed by atoms with van der Waals surface area (Å²) in [6.07, 6.45) is 0. The van der Waals surface area contributed by atoms with Crippen LogP contribution < -0.4 is 5.32 Å². The first-order valence-corrected chi connectivity index (χ1v) is 7.79. The lowest BCUT2D eigenvalue weighted by Crippen LogP contribution is -2.30. The Balaban J connectivity index is 2.13. The van der Waals surface area contributed by atoms with E-state index >= 15 is 0 Å². The molecule has 1 N–H and O–H groups in total. The Morgan fingerprint density at radius 2 is 1.74 bits per heavy atom. The Labute approximate surface area is 141 Å². The maximum atomic E-state index is 12.6. The number of nitrogens with one attached hydrogen (secondary N) is 1. The molecule has 0 saturated carbocycles. The van der Waals surface area contributed by atoms with Crippen LogP contribution in [-0.4, -0.2) is 23.3 Å². The van der Waals surface area contributed by atoms with Crippen molar-refractivity contribution in [2.24, 2.45) is 0 Å². The number of rotatable bonds is 5. The number of anilines is 1. The van der Waals surface area contributed by atoms with Gasteiger partial charge in [-0.05, 0) is 42.8 Å². The number of amides is 2. The number of hydrogen-bond donors (Lipinski definition) is 1. The van der Waals surface area contributed by atoms with Gasteiger partial charge < -0.3 is 10.2 Å². The molecule has 2 rings (SSSR count). The molecule has 0 unspecified atom stereocenters. The van der Waals surface area contributed by atoms with E-state index in [1.165, 1.54) is 6.92 Å². The molecule has 0 heterocycles. The number of benzene rings is 2. The summed E-state index contributed by atoms with van der Waals surface area (Å²) in [6.45, 7) is 4.42. The summed E-state index contributed by atoms with van der Waals surface area (Å²) in [7, 11) is 0. The zero-order valence-electron chi connectivity index (χ0n) is 13.2. The molecule has 0 aliphatic rings. The fourth-order valence-electron chi connectivity index (χ4n) is 2.24. The van der Waals surface area contributed by atoms with Crippen LogP contribution in [0.2, 0.25) is 5.02 Å². The van der Waals surface area contributed by atoms with Gasteiger partial charge in [-0.25, -0.2) is 0 Å². The summed E-state index contributed by atoms with van der Waals surface area (Å²) < 4.78 is 0. The standard InChI is InChI=1S/C18H19ClN2O2/c1-3-21(12-15-6-4-5-7-17(15)19)18(23)14-8-10-16(11-9-14)20-13(2)22/h4-11H,3,12H2,1-2H3,(H,20,22). The van der Waals surface area contributed by atoms with Crippen molar-refractivity contribution in [3.8, 4) is 0 Å². The van der Waals surface area contributed by atoms with Crippen LogP contribution in [0.4, 0.5) is 5.69 Å². The van der Waals surface area contributed by atoms with Gasteiger partial charge >= 0.3 is 0 Å². The fraction of sp³-hybridized carbons (Fsp3) is 0.222. The molecular weight excluding hydrogens is 312 g/mol. The molecule has 0 bridgehead atoms. The molecule has 2 amide bonds. The smallest absolute Gasteiger partial charge is 0.254 e. The van der Waals surface area contributed by atoms with Gasteiger partial charge in [-0.3, -0.25) is 9.59 Å². The van der Waals surface area contributed by atoms with Crippen LogP contribution in [0.5, 0.6) is 0 Å². The van der Waals surface area contributed by atoms with E-state index in [0.717, 1.165) is 5.56 Å². The molecule has 2 aromatic carbocycles. The first kappa shape index (κ1) is 17.0. The fourth-order valence-corrected chi connectivity index (χ4v) is 2.44. The second kappa shape index (κ2) is 7.79. The Morgan fingerprint density at radius 1 is 1.09 bits per heavy atom. The first-order chi connectivity index (χ1) is 11.0. The van der Waals surface area contributed by atoms with Crippen LogP contribution in [0.15, 0.2) is 48.5 Å². The molecule has 5 heteroatoms. The Bertz CT molecular complexity index is 698.